The minimum absolute atomic E-state index is 0.0115. The summed E-state index contributed by atoms with van der Waals surface area (Å²) in [6.45, 7) is 1.15. The molecule has 0 unspecified atom stereocenters. The fourth-order valence-corrected chi connectivity index (χ4v) is 2.54. The molecule has 0 atom stereocenters. The zero-order chi connectivity index (χ0) is 17.5. The van der Waals surface area contributed by atoms with E-state index in [1.807, 2.05) is 6.07 Å². The highest BCUT2D eigenvalue weighted by molar-refractivity contribution is 5.96. The first-order valence-electron chi connectivity index (χ1n) is 8.06. The molecule has 1 aromatic carbocycles. The van der Waals surface area contributed by atoms with Crippen LogP contribution in [0.5, 0.6) is 0 Å². The van der Waals surface area contributed by atoms with Gasteiger partial charge in [-0.25, -0.2) is 4.79 Å². The minimum Gasteiger partial charge on any atom is -0.343 e. The van der Waals surface area contributed by atoms with Gasteiger partial charge in [0.1, 0.15) is 0 Å². The first kappa shape index (κ1) is 17.8. The lowest BCUT2D eigenvalue weighted by Gasteiger charge is -2.33. The molecule has 0 radical (unpaired) electrons. The van der Waals surface area contributed by atoms with E-state index in [0.717, 1.165) is 12.8 Å². The normalized spacial score (nSPS) is 14.8. The average molecular weight is 332 g/mol. The Morgan fingerprint density at radius 2 is 1.75 bits per heavy atom. The number of nitrogens with one attached hydrogen (secondary N) is 2. The maximum atomic E-state index is 12.2. The highest BCUT2D eigenvalue weighted by Crippen LogP contribution is 2.10. The fourth-order valence-electron chi connectivity index (χ4n) is 2.54. The van der Waals surface area contributed by atoms with Crippen molar-refractivity contribution in [2.45, 2.75) is 18.9 Å². The van der Waals surface area contributed by atoms with Gasteiger partial charge in [-0.3, -0.25) is 9.59 Å². The standard InChI is InChI=1S/C17H24N4O3/c1-20(2)17(24)19-14-8-10-21(11-9-14)15(22)12-18-16(23)13-6-4-3-5-7-13/h3-7,14H,8-12H2,1-2H3,(H,18,23)(H,19,24). The van der Waals surface area contributed by atoms with Gasteiger partial charge in [-0.1, -0.05) is 18.2 Å². The third-order valence-corrected chi connectivity index (χ3v) is 4.02. The molecule has 0 aliphatic carbocycles. The fraction of sp³-hybridized carbons (Fsp3) is 0.471. The summed E-state index contributed by atoms with van der Waals surface area (Å²) in [4.78, 5) is 39.0. The van der Waals surface area contributed by atoms with Crippen LogP contribution < -0.4 is 10.6 Å². The number of urea groups is 1. The van der Waals surface area contributed by atoms with E-state index < -0.39 is 0 Å². The van der Waals surface area contributed by atoms with Crippen LogP contribution in [-0.4, -0.2) is 67.4 Å². The minimum atomic E-state index is -0.253. The Labute approximate surface area is 142 Å². The van der Waals surface area contributed by atoms with Gasteiger partial charge in [0.15, 0.2) is 0 Å². The van der Waals surface area contributed by atoms with Gasteiger partial charge in [0, 0.05) is 38.8 Å². The van der Waals surface area contributed by atoms with E-state index in [1.54, 1.807) is 43.3 Å². The first-order chi connectivity index (χ1) is 11.5. The molecule has 7 heteroatoms. The summed E-state index contributed by atoms with van der Waals surface area (Å²) in [7, 11) is 3.40. The summed E-state index contributed by atoms with van der Waals surface area (Å²) in [5.74, 6) is -0.353. The van der Waals surface area contributed by atoms with E-state index in [1.165, 1.54) is 4.90 Å². The number of hydrogen-bond donors (Lipinski definition) is 2. The van der Waals surface area contributed by atoms with Crippen molar-refractivity contribution >= 4 is 17.8 Å². The van der Waals surface area contributed by atoms with Gasteiger partial charge in [-0.05, 0) is 25.0 Å². The van der Waals surface area contributed by atoms with Gasteiger partial charge in [0.2, 0.25) is 5.91 Å². The molecule has 24 heavy (non-hydrogen) atoms. The number of likely N-dealkylation sites (tertiary alicyclic amines) is 1. The highest BCUT2D eigenvalue weighted by atomic mass is 16.2. The maximum absolute atomic E-state index is 12.2. The summed E-state index contributed by atoms with van der Waals surface area (Å²) in [6, 6.07) is 8.78. The molecule has 1 saturated heterocycles. The molecule has 2 rings (SSSR count). The van der Waals surface area contributed by atoms with E-state index in [2.05, 4.69) is 10.6 Å². The predicted octanol–water partition coefficient (Wildman–Crippen LogP) is 0.679. The van der Waals surface area contributed by atoms with Crippen LogP contribution in [0, 0.1) is 0 Å². The molecular weight excluding hydrogens is 308 g/mol. The third-order valence-electron chi connectivity index (χ3n) is 4.02. The molecule has 1 fully saturated rings. The van der Waals surface area contributed by atoms with Crippen molar-refractivity contribution < 1.29 is 14.4 Å². The molecule has 4 amide bonds. The number of carbonyl (C=O) groups excluding carboxylic acids is 3. The summed E-state index contributed by atoms with van der Waals surface area (Å²) in [5.41, 5.74) is 0.537. The molecule has 0 spiro atoms. The number of hydrogen-bond acceptors (Lipinski definition) is 3. The van der Waals surface area contributed by atoms with E-state index in [9.17, 15) is 14.4 Å². The Morgan fingerprint density at radius 3 is 2.33 bits per heavy atom. The van der Waals surface area contributed by atoms with Crippen LogP contribution in [0.25, 0.3) is 0 Å². The van der Waals surface area contributed by atoms with Gasteiger partial charge in [0.25, 0.3) is 5.91 Å². The van der Waals surface area contributed by atoms with Crippen molar-refractivity contribution in [2.75, 3.05) is 33.7 Å². The van der Waals surface area contributed by atoms with Crippen LogP contribution in [0.4, 0.5) is 4.79 Å². The average Bonchev–Trinajstić information content (AvgIpc) is 2.60. The van der Waals surface area contributed by atoms with Crippen molar-refractivity contribution in [3.05, 3.63) is 35.9 Å². The van der Waals surface area contributed by atoms with Crippen LogP contribution in [-0.2, 0) is 4.79 Å². The topological polar surface area (TPSA) is 81.8 Å². The molecule has 0 aromatic heterocycles. The second kappa shape index (κ2) is 8.33. The summed E-state index contributed by atoms with van der Waals surface area (Å²) >= 11 is 0. The Bertz CT molecular complexity index is 581. The largest absolute Gasteiger partial charge is 0.343 e. The number of rotatable bonds is 4. The van der Waals surface area contributed by atoms with Crippen LogP contribution in [0.1, 0.15) is 23.2 Å². The number of amides is 4. The lowest BCUT2D eigenvalue weighted by atomic mass is 10.1. The summed E-state index contributed by atoms with van der Waals surface area (Å²) < 4.78 is 0. The van der Waals surface area contributed by atoms with Crippen molar-refractivity contribution in [3.8, 4) is 0 Å². The summed E-state index contributed by atoms with van der Waals surface area (Å²) in [5, 5.41) is 5.58. The van der Waals surface area contributed by atoms with Crippen molar-refractivity contribution in [3.63, 3.8) is 0 Å². The monoisotopic (exact) mass is 332 g/mol. The third kappa shape index (κ3) is 4.97. The molecule has 1 aliphatic rings. The van der Waals surface area contributed by atoms with Gasteiger partial charge in [0.05, 0.1) is 6.54 Å². The van der Waals surface area contributed by atoms with Crippen molar-refractivity contribution in [1.29, 1.82) is 0 Å². The van der Waals surface area contributed by atoms with Crippen LogP contribution in [0.15, 0.2) is 30.3 Å². The van der Waals surface area contributed by atoms with Crippen LogP contribution in [0.2, 0.25) is 0 Å². The van der Waals surface area contributed by atoms with E-state index in [4.69, 9.17) is 0 Å². The molecule has 7 nitrogen and oxygen atoms in total. The molecular formula is C17H24N4O3. The van der Waals surface area contributed by atoms with Gasteiger partial charge in [-0.2, -0.15) is 0 Å². The molecule has 1 aliphatic heterocycles. The molecule has 2 N–H and O–H groups in total. The zero-order valence-corrected chi connectivity index (χ0v) is 14.1. The lowest BCUT2D eigenvalue weighted by Crippen LogP contribution is -2.50. The molecule has 1 heterocycles. The quantitative estimate of drug-likeness (QED) is 0.851. The zero-order valence-electron chi connectivity index (χ0n) is 14.1. The molecule has 0 saturated carbocycles. The Kier molecular flexibility index (Phi) is 6.17. The van der Waals surface area contributed by atoms with Gasteiger partial charge in [-0.15, -0.1) is 0 Å². The SMILES string of the molecule is CN(C)C(=O)NC1CCN(C(=O)CNC(=O)c2ccccc2)CC1. The smallest absolute Gasteiger partial charge is 0.317 e. The van der Waals surface area contributed by atoms with Gasteiger partial charge >= 0.3 is 6.03 Å². The Morgan fingerprint density at radius 1 is 1.12 bits per heavy atom. The van der Waals surface area contributed by atoms with Crippen molar-refractivity contribution in [2.24, 2.45) is 0 Å². The number of benzene rings is 1. The number of carbonyl (C=O) groups is 3. The first-order valence-corrected chi connectivity index (χ1v) is 8.06. The highest BCUT2D eigenvalue weighted by Gasteiger charge is 2.24. The van der Waals surface area contributed by atoms with E-state index >= 15 is 0 Å². The molecule has 130 valence electrons. The molecule has 0 bridgehead atoms. The Balaban J connectivity index is 1.73. The van der Waals surface area contributed by atoms with Crippen LogP contribution >= 0.6 is 0 Å². The maximum Gasteiger partial charge on any atom is 0.317 e. The summed E-state index contributed by atoms with van der Waals surface area (Å²) in [6.07, 6.45) is 1.44. The van der Waals surface area contributed by atoms with E-state index in [0.29, 0.717) is 18.7 Å². The Hall–Kier alpha value is -2.57. The lowest BCUT2D eigenvalue weighted by molar-refractivity contribution is -0.131. The predicted molar refractivity (Wildman–Crippen MR) is 90.6 cm³/mol. The number of nitrogens with zero attached hydrogens (tertiary/aromatic N) is 2. The number of piperidine rings is 1. The van der Waals surface area contributed by atoms with Crippen molar-refractivity contribution in [1.82, 2.24) is 20.4 Å². The second-order valence-corrected chi connectivity index (χ2v) is 6.05. The second-order valence-electron chi connectivity index (χ2n) is 6.05. The van der Waals surface area contributed by atoms with Gasteiger partial charge < -0.3 is 20.4 Å². The molecule has 1 aromatic rings. The van der Waals surface area contributed by atoms with Crippen LogP contribution in [0.3, 0.4) is 0 Å². The van der Waals surface area contributed by atoms with E-state index in [-0.39, 0.29) is 30.4 Å².